The topological polar surface area (TPSA) is 61.4 Å². The third-order valence-corrected chi connectivity index (χ3v) is 4.52. The fourth-order valence-electron chi connectivity index (χ4n) is 2.82. The average molecular weight is 369 g/mol. The number of nitrogens with one attached hydrogen (secondary N) is 2. The molecule has 0 heterocycles. The summed E-state index contributed by atoms with van der Waals surface area (Å²) >= 11 is 0. The van der Waals surface area contributed by atoms with E-state index in [0.717, 1.165) is 29.7 Å². The lowest BCUT2D eigenvalue weighted by Gasteiger charge is -2.21. The molecule has 0 spiro atoms. The van der Waals surface area contributed by atoms with Crippen molar-refractivity contribution >= 4 is 17.6 Å². The first-order valence-electron chi connectivity index (χ1n) is 9.22. The van der Waals surface area contributed by atoms with Crippen LogP contribution in [0.25, 0.3) is 0 Å². The first kappa shape index (κ1) is 18.9. The minimum absolute atomic E-state index is 0.0587. The van der Waals surface area contributed by atoms with Gasteiger partial charge in [0.25, 0.3) is 0 Å². The molecular formula is C21H24FN3O2. The number of carbonyl (C=O) groups is 2. The number of benzene rings is 2. The van der Waals surface area contributed by atoms with Crippen molar-refractivity contribution < 1.29 is 14.0 Å². The van der Waals surface area contributed by atoms with Gasteiger partial charge in [-0.3, -0.25) is 4.79 Å². The number of amides is 3. The molecule has 1 aliphatic rings. The van der Waals surface area contributed by atoms with Gasteiger partial charge in [0.15, 0.2) is 0 Å². The number of halogens is 1. The Bertz CT molecular complexity index is 821. The molecule has 2 aromatic rings. The maximum absolute atomic E-state index is 13.3. The van der Waals surface area contributed by atoms with Gasteiger partial charge in [-0.25, -0.2) is 9.18 Å². The zero-order valence-electron chi connectivity index (χ0n) is 15.4. The van der Waals surface area contributed by atoms with Crippen LogP contribution in [0.15, 0.2) is 48.5 Å². The zero-order chi connectivity index (χ0) is 19.2. The van der Waals surface area contributed by atoms with Gasteiger partial charge in [-0.05, 0) is 55.2 Å². The van der Waals surface area contributed by atoms with E-state index in [2.05, 4.69) is 10.6 Å². The highest BCUT2D eigenvalue weighted by Gasteiger charge is 2.29. The van der Waals surface area contributed by atoms with E-state index < -0.39 is 0 Å². The number of hydrogen-bond acceptors (Lipinski definition) is 2. The van der Waals surface area contributed by atoms with Crippen LogP contribution in [-0.4, -0.2) is 23.4 Å². The molecule has 0 aromatic heterocycles. The first-order valence-corrected chi connectivity index (χ1v) is 9.22. The van der Waals surface area contributed by atoms with Gasteiger partial charge in [0.05, 0.1) is 0 Å². The molecule has 2 aromatic carbocycles. The molecule has 1 aliphatic carbocycles. The van der Waals surface area contributed by atoms with Crippen LogP contribution in [0.4, 0.5) is 14.9 Å². The summed E-state index contributed by atoms with van der Waals surface area (Å²) in [5, 5.41) is 5.79. The van der Waals surface area contributed by atoms with Crippen molar-refractivity contribution in [3.05, 3.63) is 65.5 Å². The number of hydrogen-bond donors (Lipinski definition) is 2. The van der Waals surface area contributed by atoms with E-state index in [4.69, 9.17) is 0 Å². The molecule has 0 radical (unpaired) electrons. The summed E-state index contributed by atoms with van der Waals surface area (Å²) in [6, 6.07) is 13.5. The van der Waals surface area contributed by atoms with Crippen LogP contribution in [0.5, 0.6) is 0 Å². The van der Waals surface area contributed by atoms with E-state index in [0.29, 0.717) is 19.6 Å². The predicted octanol–water partition coefficient (Wildman–Crippen LogP) is 3.91. The van der Waals surface area contributed by atoms with Crippen LogP contribution in [0, 0.1) is 11.7 Å². The van der Waals surface area contributed by atoms with Gasteiger partial charge in [-0.1, -0.05) is 24.3 Å². The Morgan fingerprint density at radius 2 is 1.85 bits per heavy atom. The number of carbonyl (C=O) groups excluding carboxylic acids is 2. The maximum atomic E-state index is 13.3. The van der Waals surface area contributed by atoms with Gasteiger partial charge >= 0.3 is 6.03 Å². The summed E-state index contributed by atoms with van der Waals surface area (Å²) in [5.41, 5.74) is 2.39. The lowest BCUT2D eigenvalue weighted by molar-refractivity contribution is -0.117. The Hall–Kier alpha value is -2.89. The molecule has 2 N–H and O–H groups in total. The molecule has 6 heteroatoms. The van der Waals surface area contributed by atoms with E-state index in [1.165, 1.54) is 12.1 Å². The van der Waals surface area contributed by atoms with E-state index in [1.807, 2.05) is 31.2 Å². The Morgan fingerprint density at radius 3 is 2.56 bits per heavy atom. The molecule has 1 fully saturated rings. The molecule has 3 amide bonds. The van der Waals surface area contributed by atoms with Crippen molar-refractivity contribution in [1.82, 2.24) is 10.2 Å². The zero-order valence-corrected chi connectivity index (χ0v) is 15.4. The highest BCUT2D eigenvalue weighted by atomic mass is 19.1. The van der Waals surface area contributed by atoms with Crippen LogP contribution in [-0.2, 0) is 17.9 Å². The molecule has 0 saturated heterocycles. The Labute approximate surface area is 158 Å². The van der Waals surface area contributed by atoms with Crippen LogP contribution in [0.2, 0.25) is 0 Å². The van der Waals surface area contributed by atoms with Crippen molar-refractivity contribution in [2.45, 2.75) is 32.9 Å². The summed E-state index contributed by atoms with van der Waals surface area (Å²) in [5.74, 6) is -0.105. The van der Waals surface area contributed by atoms with Gasteiger partial charge < -0.3 is 15.5 Å². The summed E-state index contributed by atoms with van der Waals surface area (Å²) in [7, 11) is 0. The van der Waals surface area contributed by atoms with Crippen molar-refractivity contribution in [1.29, 1.82) is 0 Å². The largest absolute Gasteiger partial charge is 0.334 e. The fraction of sp³-hybridized carbons (Fsp3) is 0.333. The molecule has 1 saturated carbocycles. The second kappa shape index (κ2) is 8.66. The highest BCUT2D eigenvalue weighted by molar-refractivity contribution is 5.94. The molecule has 0 bridgehead atoms. The number of anilines is 1. The quantitative estimate of drug-likeness (QED) is 0.777. The number of urea groups is 1. The highest BCUT2D eigenvalue weighted by Crippen LogP contribution is 2.30. The molecule has 0 unspecified atom stereocenters. The predicted molar refractivity (Wildman–Crippen MR) is 103 cm³/mol. The Balaban J connectivity index is 1.54. The van der Waals surface area contributed by atoms with Crippen molar-refractivity contribution in [2.75, 3.05) is 11.9 Å². The lowest BCUT2D eigenvalue weighted by atomic mass is 10.2. The van der Waals surface area contributed by atoms with E-state index in [-0.39, 0.29) is 23.7 Å². The molecule has 0 atom stereocenters. The average Bonchev–Trinajstić information content (AvgIpc) is 3.50. The Kier molecular flexibility index (Phi) is 6.06. The van der Waals surface area contributed by atoms with Crippen LogP contribution >= 0.6 is 0 Å². The monoisotopic (exact) mass is 369 g/mol. The van der Waals surface area contributed by atoms with E-state index >= 15 is 0 Å². The second-order valence-corrected chi connectivity index (χ2v) is 6.77. The van der Waals surface area contributed by atoms with Gasteiger partial charge in [0.1, 0.15) is 5.82 Å². The molecule has 27 heavy (non-hydrogen) atoms. The summed E-state index contributed by atoms with van der Waals surface area (Å²) in [6.45, 7) is 3.09. The molecular weight excluding hydrogens is 345 g/mol. The Morgan fingerprint density at radius 1 is 1.11 bits per heavy atom. The number of rotatable bonds is 7. The summed E-state index contributed by atoms with van der Waals surface area (Å²) in [4.78, 5) is 25.9. The second-order valence-electron chi connectivity index (χ2n) is 6.77. The minimum Gasteiger partial charge on any atom is -0.334 e. The van der Waals surface area contributed by atoms with Crippen molar-refractivity contribution in [3.63, 3.8) is 0 Å². The molecule has 0 aliphatic heterocycles. The fourth-order valence-corrected chi connectivity index (χ4v) is 2.82. The summed E-state index contributed by atoms with van der Waals surface area (Å²) < 4.78 is 13.3. The van der Waals surface area contributed by atoms with Gasteiger partial charge in [0, 0.05) is 31.2 Å². The lowest BCUT2D eigenvalue weighted by Crippen LogP contribution is -2.39. The van der Waals surface area contributed by atoms with E-state index in [9.17, 15) is 14.0 Å². The van der Waals surface area contributed by atoms with Crippen LogP contribution in [0.1, 0.15) is 30.9 Å². The third kappa shape index (κ3) is 5.54. The van der Waals surface area contributed by atoms with Crippen molar-refractivity contribution in [3.8, 4) is 0 Å². The smallest absolute Gasteiger partial charge is 0.317 e. The first-order chi connectivity index (χ1) is 13.0. The number of nitrogens with zero attached hydrogens (tertiary/aromatic N) is 1. The molecule has 142 valence electrons. The molecule has 5 nitrogen and oxygen atoms in total. The maximum Gasteiger partial charge on any atom is 0.317 e. The molecule has 3 rings (SSSR count). The van der Waals surface area contributed by atoms with Gasteiger partial charge in [-0.2, -0.15) is 0 Å². The minimum atomic E-state index is -0.311. The summed E-state index contributed by atoms with van der Waals surface area (Å²) in [6.07, 6.45) is 1.92. The SMILES string of the molecule is CCN(Cc1cccc(F)c1)C(=O)NCc1cccc(NC(=O)C2CC2)c1. The van der Waals surface area contributed by atoms with Crippen LogP contribution in [0.3, 0.4) is 0 Å². The van der Waals surface area contributed by atoms with Gasteiger partial charge in [-0.15, -0.1) is 0 Å². The van der Waals surface area contributed by atoms with Crippen LogP contribution < -0.4 is 10.6 Å². The third-order valence-electron chi connectivity index (χ3n) is 4.52. The normalized spacial score (nSPS) is 13.1. The van der Waals surface area contributed by atoms with E-state index in [1.54, 1.807) is 17.0 Å². The standard InChI is InChI=1S/C21H24FN3O2/c1-2-25(14-16-6-3-7-18(22)11-16)21(27)23-13-15-5-4-8-19(12-15)24-20(26)17-9-10-17/h3-8,11-12,17H,2,9-10,13-14H2,1H3,(H,23,27)(H,24,26). The van der Waals surface area contributed by atoms with Gasteiger partial charge in [0.2, 0.25) is 5.91 Å². The van der Waals surface area contributed by atoms with Crippen molar-refractivity contribution in [2.24, 2.45) is 5.92 Å².